The molecule has 0 saturated heterocycles. The molecule has 1 aromatic carbocycles. The zero-order valence-corrected chi connectivity index (χ0v) is 12.0. The second-order valence-corrected chi connectivity index (χ2v) is 5.27. The minimum Gasteiger partial charge on any atom is -0.356 e. The van der Waals surface area contributed by atoms with Gasteiger partial charge < -0.3 is 10.6 Å². The van der Waals surface area contributed by atoms with Gasteiger partial charge in [0.1, 0.15) is 0 Å². The zero-order chi connectivity index (χ0) is 14.4. The third kappa shape index (κ3) is 4.17. The van der Waals surface area contributed by atoms with Crippen molar-refractivity contribution in [2.75, 3.05) is 19.6 Å². The monoisotopic (exact) mass is 274 g/mol. The molecule has 1 aliphatic rings. The fourth-order valence-corrected chi connectivity index (χ4v) is 2.53. The molecule has 0 aliphatic heterocycles. The Balaban J connectivity index is 1.71. The highest BCUT2D eigenvalue weighted by molar-refractivity contribution is 5.97. The van der Waals surface area contributed by atoms with Crippen LogP contribution in [0, 0.1) is 0 Å². The van der Waals surface area contributed by atoms with Crippen molar-refractivity contribution in [2.45, 2.75) is 32.6 Å². The maximum atomic E-state index is 12.1. The lowest BCUT2D eigenvalue weighted by Crippen LogP contribution is -2.28. The van der Waals surface area contributed by atoms with E-state index in [4.69, 9.17) is 0 Å². The van der Waals surface area contributed by atoms with Crippen molar-refractivity contribution in [1.82, 2.24) is 10.6 Å². The van der Waals surface area contributed by atoms with Crippen molar-refractivity contribution >= 4 is 11.7 Å². The molecule has 0 atom stereocenters. The van der Waals surface area contributed by atoms with Gasteiger partial charge >= 0.3 is 0 Å². The fraction of sp³-hybridized carbons (Fsp3) is 0.500. The van der Waals surface area contributed by atoms with Gasteiger partial charge in [-0.3, -0.25) is 9.59 Å². The van der Waals surface area contributed by atoms with Gasteiger partial charge in [0, 0.05) is 19.0 Å². The van der Waals surface area contributed by atoms with Crippen molar-refractivity contribution in [3.05, 3.63) is 34.9 Å². The van der Waals surface area contributed by atoms with Gasteiger partial charge in [-0.25, -0.2) is 0 Å². The topological polar surface area (TPSA) is 58.2 Å². The van der Waals surface area contributed by atoms with Gasteiger partial charge in [-0.2, -0.15) is 0 Å². The number of rotatable bonds is 7. The molecule has 0 heterocycles. The lowest BCUT2D eigenvalue weighted by atomic mass is 10.0. The first-order valence-corrected chi connectivity index (χ1v) is 7.27. The van der Waals surface area contributed by atoms with Crippen molar-refractivity contribution in [2.24, 2.45) is 0 Å². The Morgan fingerprint density at radius 2 is 1.95 bits per heavy atom. The Labute approximate surface area is 119 Å². The molecule has 4 heteroatoms. The maximum Gasteiger partial charge on any atom is 0.216 e. The Kier molecular flexibility index (Phi) is 5.30. The Morgan fingerprint density at radius 1 is 1.15 bits per heavy atom. The van der Waals surface area contributed by atoms with Gasteiger partial charge in [-0.15, -0.1) is 0 Å². The standard InChI is InChI=1S/C16H22N2O2/c1-12(19)18-9-3-8-17-11-16(20)15-7-6-13-4-2-5-14(13)10-15/h6-7,10,17H,2-5,8-9,11H2,1H3,(H,18,19). The van der Waals surface area contributed by atoms with E-state index in [-0.39, 0.29) is 11.7 Å². The SMILES string of the molecule is CC(=O)NCCCNCC(=O)c1ccc2c(c1)CCC2. The van der Waals surface area contributed by atoms with Crippen LogP contribution in [0.4, 0.5) is 0 Å². The third-order valence-corrected chi connectivity index (χ3v) is 3.61. The molecule has 20 heavy (non-hydrogen) atoms. The Morgan fingerprint density at radius 3 is 2.75 bits per heavy atom. The van der Waals surface area contributed by atoms with Crippen LogP contribution < -0.4 is 10.6 Å². The molecule has 1 amide bonds. The highest BCUT2D eigenvalue weighted by Gasteiger charge is 2.13. The molecular formula is C16H22N2O2. The van der Waals surface area contributed by atoms with Crippen LogP contribution in [-0.4, -0.2) is 31.3 Å². The highest BCUT2D eigenvalue weighted by atomic mass is 16.1. The zero-order valence-electron chi connectivity index (χ0n) is 12.0. The summed E-state index contributed by atoms with van der Waals surface area (Å²) in [6.07, 6.45) is 4.28. The average molecular weight is 274 g/mol. The van der Waals surface area contributed by atoms with E-state index in [1.807, 2.05) is 12.1 Å². The van der Waals surface area contributed by atoms with Crippen LogP contribution in [0.3, 0.4) is 0 Å². The summed E-state index contributed by atoms with van der Waals surface area (Å²) in [5.41, 5.74) is 3.53. The smallest absolute Gasteiger partial charge is 0.216 e. The van der Waals surface area contributed by atoms with E-state index in [0.717, 1.165) is 31.4 Å². The van der Waals surface area contributed by atoms with Gasteiger partial charge in [-0.1, -0.05) is 12.1 Å². The van der Waals surface area contributed by atoms with Crippen molar-refractivity contribution in [3.63, 3.8) is 0 Å². The maximum absolute atomic E-state index is 12.1. The number of ketones is 1. The number of carbonyl (C=O) groups is 2. The van der Waals surface area contributed by atoms with Crippen LogP contribution in [0.1, 0.15) is 41.3 Å². The van der Waals surface area contributed by atoms with Crippen LogP contribution in [0.15, 0.2) is 18.2 Å². The molecule has 0 radical (unpaired) electrons. The van der Waals surface area contributed by atoms with Crippen LogP contribution in [0.5, 0.6) is 0 Å². The van der Waals surface area contributed by atoms with Crippen LogP contribution >= 0.6 is 0 Å². The van der Waals surface area contributed by atoms with Gasteiger partial charge in [0.05, 0.1) is 6.54 Å². The lowest BCUT2D eigenvalue weighted by molar-refractivity contribution is -0.118. The first-order valence-electron chi connectivity index (χ1n) is 7.27. The van der Waals surface area contributed by atoms with Crippen LogP contribution in [0.2, 0.25) is 0 Å². The number of nitrogens with one attached hydrogen (secondary N) is 2. The minimum absolute atomic E-state index is 0.0146. The summed E-state index contributed by atoms with van der Waals surface area (Å²) in [5, 5.41) is 5.85. The molecule has 2 N–H and O–H groups in total. The predicted molar refractivity (Wildman–Crippen MR) is 79.0 cm³/mol. The van der Waals surface area contributed by atoms with Crippen molar-refractivity contribution < 1.29 is 9.59 Å². The average Bonchev–Trinajstić information content (AvgIpc) is 2.89. The molecule has 4 nitrogen and oxygen atoms in total. The Bertz CT molecular complexity index is 497. The summed E-state index contributed by atoms with van der Waals surface area (Å²) in [6, 6.07) is 6.07. The van der Waals surface area contributed by atoms with Gasteiger partial charge in [-0.05, 0) is 49.4 Å². The molecule has 2 rings (SSSR count). The largest absolute Gasteiger partial charge is 0.356 e. The quantitative estimate of drug-likeness (QED) is 0.585. The van der Waals surface area contributed by atoms with Gasteiger partial charge in [0.25, 0.3) is 0 Å². The molecule has 0 unspecified atom stereocenters. The number of hydrogen-bond acceptors (Lipinski definition) is 3. The molecule has 1 aromatic rings. The van der Waals surface area contributed by atoms with E-state index in [2.05, 4.69) is 16.7 Å². The molecule has 0 saturated carbocycles. The van der Waals surface area contributed by atoms with E-state index in [1.165, 1.54) is 24.5 Å². The summed E-state index contributed by atoms with van der Waals surface area (Å²) in [7, 11) is 0. The number of carbonyl (C=O) groups excluding carboxylic acids is 2. The molecular weight excluding hydrogens is 252 g/mol. The number of Topliss-reactive ketones (excluding diaryl/α,β-unsaturated/α-hetero) is 1. The number of benzene rings is 1. The Hall–Kier alpha value is -1.68. The summed E-state index contributed by atoms with van der Waals surface area (Å²) >= 11 is 0. The lowest BCUT2D eigenvalue weighted by Gasteiger charge is -2.06. The van der Waals surface area contributed by atoms with E-state index in [9.17, 15) is 9.59 Å². The second kappa shape index (κ2) is 7.20. The van der Waals surface area contributed by atoms with Crippen LogP contribution in [-0.2, 0) is 17.6 Å². The predicted octanol–water partition coefficient (Wildman–Crippen LogP) is 1.47. The number of aryl methyl sites for hydroxylation is 2. The van der Waals surface area contributed by atoms with E-state index >= 15 is 0 Å². The van der Waals surface area contributed by atoms with Gasteiger partial charge in [0.2, 0.25) is 5.91 Å². The van der Waals surface area contributed by atoms with E-state index < -0.39 is 0 Å². The summed E-state index contributed by atoms with van der Waals surface area (Å²) in [5.74, 6) is 0.124. The molecule has 108 valence electrons. The number of hydrogen-bond donors (Lipinski definition) is 2. The first-order chi connectivity index (χ1) is 9.66. The van der Waals surface area contributed by atoms with Crippen molar-refractivity contribution in [3.8, 4) is 0 Å². The van der Waals surface area contributed by atoms with Gasteiger partial charge in [0.15, 0.2) is 5.78 Å². The van der Waals surface area contributed by atoms with Crippen LogP contribution in [0.25, 0.3) is 0 Å². The highest BCUT2D eigenvalue weighted by Crippen LogP contribution is 2.22. The summed E-state index contributed by atoms with van der Waals surface area (Å²) in [4.78, 5) is 22.7. The molecule has 0 spiro atoms. The second-order valence-electron chi connectivity index (χ2n) is 5.27. The van der Waals surface area contributed by atoms with E-state index in [0.29, 0.717) is 13.1 Å². The summed E-state index contributed by atoms with van der Waals surface area (Å²) < 4.78 is 0. The molecule has 0 aromatic heterocycles. The summed E-state index contributed by atoms with van der Waals surface area (Å²) in [6.45, 7) is 3.25. The normalized spacial score (nSPS) is 13.1. The first kappa shape index (κ1) is 14.7. The van der Waals surface area contributed by atoms with E-state index in [1.54, 1.807) is 0 Å². The fourth-order valence-electron chi connectivity index (χ4n) is 2.53. The third-order valence-electron chi connectivity index (χ3n) is 3.61. The molecule has 0 bridgehead atoms. The number of fused-ring (bicyclic) bond motifs is 1. The molecule has 0 fully saturated rings. The minimum atomic E-state index is -0.0146. The van der Waals surface area contributed by atoms with Crippen molar-refractivity contribution in [1.29, 1.82) is 0 Å². The molecule has 1 aliphatic carbocycles. The number of amides is 1.